The topological polar surface area (TPSA) is 64.3 Å². The van der Waals surface area contributed by atoms with Crippen LogP contribution in [-0.2, 0) is 18.0 Å². The average molecular weight is 293 g/mol. The van der Waals surface area contributed by atoms with E-state index in [-0.39, 0.29) is 12.4 Å². The van der Waals surface area contributed by atoms with Crippen molar-refractivity contribution in [2.24, 2.45) is 5.73 Å². The van der Waals surface area contributed by atoms with Crippen LogP contribution in [0.25, 0.3) is 0 Å². The molecular formula is C12H15ClF2N2O2. The largest absolute Gasteiger partial charge is 0.372 e. The number of carbonyl (C=O) groups excluding carboxylic acids is 1. The predicted molar refractivity (Wildman–Crippen MR) is 68.5 cm³/mol. The summed E-state index contributed by atoms with van der Waals surface area (Å²) in [5, 5.41) is 2.17. The first-order valence-electron chi connectivity index (χ1n) is 5.57. The summed E-state index contributed by atoms with van der Waals surface area (Å²) in [5.41, 5.74) is 7.19. The van der Waals surface area contributed by atoms with Gasteiger partial charge in [-0.3, -0.25) is 4.79 Å². The molecule has 7 heteroatoms. The monoisotopic (exact) mass is 292 g/mol. The van der Waals surface area contributed by atoms with E-state index >= 15 is 0 Å². The van der Waals surface area contributed by atoms with Gasteiger partial charge in [-0.2, -0.15) is 0 Å². The van der Waals surface area contributed by atoms with Gasteiger partial charge in [-0.1, -0.05) is 6.07 Å². The zero-order chi connectivity index (χ0) is 13.2. The number of halogens is 3. The van der Waals surface area contributed by atoms with E-state index in [9.17, 15) is 13.6 Å². The normalized spacial score (nSPS) is 13.6. The summed E-state index contributed by atoms with van der Waals surface area (Å²) in [4.78, 5) is 11.7. The van der Waals surface area contributed by atoms with Gasteiger partial charge in [0, 0.05) is 5.56 Å². The molecule has 19 heavy (non-hydrogen) atoms. The van der Waals surface area contributed by atoms with Gasteiger partial charge >= 0.3 is 0 Å². The smallest absolute Gasteiger partial charge is 0.277 e. The molecular weight excluding hydrogens is 278 g/mol. The lowest BCUT2D eigenvalue weighted by Crippen LogP contribution is -2.41. The van der Waals surface area contributed by atoms with Gasteiger partial charge in [0.2, 0.25) is 0 Å². The number of alkyl halides is 2. The quantitative estimate of drug-likeness (QED) is 0.883. The van der Waals surface area contributed by atoms with E-state index in [0.29, 0.717) is 18.8 Å². The first-order chi connectivity index (χ1) is 8.52. The zero-order valence-corrected chi connectivity index (χ0v) is 10.9. The van der Waals surface area contributed by atoms with Gasteiger partial charge in [-0.15, -0.1) is 12.4 Å². The van der Waals surface area contributed by atoms with Crippen LogP contribution in [0.1, 0.15) is 21.5 Å². The fourth-order valence-electron chi connectivity index (χ4n) is 1.70. The third kappa shape index (κ3) is 3.86. The number of benzene rings is 1. The van der Waals surface area contributed by atoms with E-state index in [1.807, 2.05) is 0 Å². The fourth-order valence-corrected chi connectivity index (χ4v) is 1.70. The lowest BCUT2D eigenvalue weighted by atomic mass is 10.1. The van der Waals surface area contributed by atoms with Crippen LogP contribution in [0.2, 0.25) is 0 Å². The molecule has 0 radical (unpaired) electrons. The Morgan fingerprint density at radius 3 is 2.74 bits per heavy atom. The molecule has 106 valence electrons. The van der Waals surface area contributed by atoms with Crippen molar-refractivity contribution >= 4 is 18.3 Å². The van der Waals surface area contributed by atoms with Crippen molar-refractivity contribution in [1.82, 2.24) is 5.32 Å². The predicted octanol–water partition coefficient (Wildman–Crippen LogP) is 1.46. The standard InChI is InChI=1S/C12H14F2N2O2.ClH/c13-12(14,6-15)7-16-11(17)8-1-2-9-4-18-5-10(9)3-8;/h1-3H,4-7,15H2,(H,16,17);1H. The fraction of sp³-hybridized carbons (Fsp3) is 0.417. The third-order valence-corrected chi connectivity index (χ3v) is 2.79. The van der Waals surface area contributed by atoms with E-state index in [1.54, 1.807) is 18.2 Å². The lowest BCUT2D eigenvalue weighted by Gasteiger charge is -2.14. The summed E-state index contributed by atoms with van der Waals surface area (Å²) in [6, 6.07) is 5.04. The second kappa shape index (κ2) is 6.27. The highest BCUT2D eigenvalue weighted by molar-refractivity contribution is 5.94. The van der Waals surface area contributed by atoms with E-state index in [4.69, 9.17) is 10.5 Å². The summed E-state index contributed by atoms with van der Waals surface area (Å²) < 4.78 is 31.0. The number of fused-ring (bicyclic) bond motifs is 1. The van der Waals surface area contributed by atoms with Gasteiger partial charge < -0.3 is 15.8 Å². The number of nitrogens with one attached hydrogen (secondary N) is 1. The molecule has 0 unspecified atom stereocenters. The van der Waals surface area contributed by atoms with Gasteiger partial charge in [-0.25, -0.2) is 8.78 Å². The SMILES string of the molecule is Cl.NCC(F)(F)CNC(=O)c1ccc2c(c1)COC2. The van der Waals surface area contributed by atoms with Crippen LogP contribution in [0.15, 0.2) is 18.2 Å². The van der Waals surface area contributed by atoms with Gasteiger partial charge in [0.25, 0.3) is 11.8 Å². The molecule has 1 aromatic rings. The maximum absolute atomic E-state index is 12.9. The van der Waals surface area contributed by atoms with Gasteiger partial charge in [0.1, 0.15) is 0 Å². The molecule has 0 atom stereocenters. The van der Waals surface area contributed by atoms with Crippen molar-refractivity contribution < 1.29 is 18.3 Å². The number of nitrogens with two attached hydrogens (primary N) is 1. The number of hydrogen-bond acceptors (Lipinski definition) is 3. The van der Waals surface area contributed by atoms with Crippen molar-refractivity contribution in [3.63, 3.8) is 0 Å². The maximum Gasteiger partial charge on any atom is 0.277 e. The summed E-state index contributed by atoms with van der Waals surface area (Å²) >= 11 is 0. The summed E-state index contributed by atoms with van der Waals surface area (Å²) in [6.45, 7) is -0.556. The number of ether oxygens (including phenoxy) is 1. The molecule has 0 aliphatic carbocycles. The van der Waals surface area contributed by atoms with Crippen molar-refractivity contribution in [2.75, 3.05) is 13.1 Å². The highest BCUT2D eigenvalue weighted by Crippen LogP contribution is 2.20. The number of rotatable bonds is 4. The van der Waals surface area contributed by atoms with E-state index in [0.717, 1.165) is 11.1 Å². The molecule has 0 fully saturated rings. The van der Waals surface area contributed by atoms with E-state index < -0.39 is 24.9 Å². The highest BCUT2D eigenvalue weighted by Gasteiger charge is 2.27. The summed E-state index contributed by atoms with van der Waals surface area (Å²) in [5.74, 6) is -3.60. The maximum atomic E-state index is 12.9. The Labute approximate surface area is 115 Å². The van der Waals surface area contributed by atoms with Gasteiger partial charge in [-0.05, 0) is 23.3 Å². The highest BCUT2D eigenvalue weighted by atomic mass is 35.5. The molecule has 1 heterocycles. The molecule has 1 aliphatic heterocycles. The van der Waals surface area contributed by atoms with Crippen LogP contribution in [0.4, 0.5) is 8.78 Å². The van der Waals surface area contributed by atoms with Crippen LogP contribution in [-0.4, -0.2) is 24.9 Å². The molecule has 1 aromatic carbocycles. The third-order valence-electron chi connectivity index (χ3n) is 2.79. The summed E-state index contributed by atoms with van der Waals surface area (Å²) in [6.07, 6.45) is 0. The Bertz CT molecular complexity index is 469. The van der Waals surface area contributed by atoms with Gasteiger partial charge in [0.05, 0.1) is 26.3 Å². The Hall–Kier alpha value is -1.24. The van der Waals surface area contributed by atoms with Crippen molar-refractivity contribution in [3.8, 4) is 0 Å². The van der Waals surface area contributed by atoms with E-state index in [2.05, 4.69) is 5.32 Å². The van der Waals surface area contributed by atoms with Crippen LogP contribution in [0.3, 0.4) is 0 Å². The molecule has 0 saturated heterocycles. The van der Waals surface area contributed by atoms with Crippen LogP contribution >= 0.6 is 12.4 Å². The number of hydrogen-bond donors (Lipinski definition) is 2. The first kappa shape index (κ1) is 15.8. The molecule has 3 N–H and O–H groups in total. The molecule has 0 bridgehead atoms. The van der Waals surface area contributed by atoms with Crippen LogP contribution < -0.4 is 11.1 Å². The van der Waals surface area contributed by atoms with Gasteiger partial charge in [0.15, 0.2) is 0 Å². The Morgan fingerprint density at radius 1 is 1.37 bits per heavy atom. The Balaban J connectivity index is 0.00000180. The average Bonchev–Trinajstić information content (AvgIpc) is 2.83. The zero-order valence-electron chi connectivity index (χ0n) is 10.1. The van der Waals surface area contributed by atoms with Crippen LogP contribution in [0, 0.1) is 0 Å². The number of amides is 1. The first-order valence-corrected chi connectivity index (χ1v) is 5.57. The molecule has 1 amide bonds. The van der Waals surface area contributed by atoms with Crippen LogP contribution in [0.5, 0.6) is 0 Å². The minimum absolute atomic E-state index is 0. The molecule has 0 spiro atoms. The second-order valence-electron chi connectivity index (χ2n) is 4.22. The van der Waals surface area contributed by atoms with Crippen molar-refractivity contribution in [2.45, 2.75) is 19.1 Å². The minimum atomic E-state index is -3.07. The Morgan fingerprint density at radius 2 is 2.05 bits per heavy atom. The van der Waals surface area contributed by atoms with Crippen molar-refractivity contribution in [1.29, 1.82) is 0 Å². The molecule has 0 aromatic heterocycles. The Kier molecular flexibility index (Phi) is 5.22. The number of carbonyl (C=O) groups is 1. The lowest BCUT2D eigenvalue weighted by molar-refractivity contribution is 0.0118. The second-order valence-corrected chi connectivity index (χ2v) is 4.22. The molecule has 4 nitrogen and oxygen atoms in total. The molecule has 0 saturated carbocycles. The van der Waals surface area contributed by atoms with Crippen molar-refractivity contribution in [3.05, 3.63) is 34.9 Å². The molecule has 2 rings (SSSR count). The summed E-state index contributed by atoms with van der Waals surface area (Å²) in [7, 11) is 0. The van der Waals surface area contributed by atoms with E-state index in [1.165, 1.54) is 0 Å². The molecule has 1 aliphatic rings. The minimum Gasteiger partial charge on any atom is -0.372 e.